The van der Waals surface area contributed by atoms with Crippen molar-refractivity contribution in [1.29, 1.82) is 0 Å². The molecule has 1 atom stereocenters. The Hall–Kier alpha value is 0.973. The molecule has 0 saturated heterocycles. The largest absolute Gasteiger partial charge is 2.00 e. The van der Waals surface area contributed by atoms with Crippen LogP contribution in [-0.2, 0) is 4.43 Å². The van der Waals surface area contributed by atoms with E-state index in [0.29, 0.717) is 6.10 Å². The van der Waals surface area contributed by atoms with Gasteiger partial charge < -0.3 is 23.8 Å². The van der Waals surface area contributed by atoms with E-state index in [1.807, 2.05) is 19.5 Å². The van der Waals surface area contributed by atoms with Crippen LogP contribution < -0.4 is 12.4 Å². The molecule has 0 bridgehead atoms. The Morgan fingerprint density at radius 3 is 2.08 bits per heavy atom. The molecule has 0 aromatic carbocycles. The van der Waals surface area contributed by atoms with Crippen LogP contribution in [0.25, 0.3) is 0 Å². The minimum atomic E-state index is -1.61. The molecule has 1 nitrogen and oxygen atoms in total. The van der Waals surface area contributed by atoms with Crippen molar-refractivity contribution in [3.63, 3.8) is 0 Å². The molecular weight excluding hydrogens is 200 g/mol. The molecule has 0 aliphatic carbocycles. The Kier molecular flexibility index (Phi) is 13.3. The number of hydrogen-bond donors (Lipinski definition) is 0. The van der Waals surface area contributed by atoms with Crippen LogP contribution in [0.5, 0.6) is 0 Å². The first-order valence-electron chi connectivity index (χ1n) is 3.65. The Morgan fingerprint density at radius 2 is 2.00 bits per heavy atom. The zero-order valence-corrected chi connectivity index (χ0v) is 11.4. The standard InChI is InChI=1S/C8H17OSi.ClH.Mg/c1-6-10(5,7-2)9-8(3)4;;/h6,8H,1-2,7H2,3-5H3;1H;/q-1;;+2/p-1. The van der Waals surface area contributed by atoms with Crippen LogP contribution in [0.4, 0.5) is 0 Å². The zero-order chi connectivity index (χ0) is 8.20. The van der Waals surface area contributed by atoms with Gasteiger partial charge in [0.1, 0.15) is 0 Å². The summed E-state index contributed by atoms with van der Waals surface area (Å²) in [6.07, 6.45) is 0.302. The van der Waals surface area contributed by atoms with E-state index in [1.165, 1.54) is 0 Å². The fourth-order valence-electron chi connectivity index (χ4n) is 0.748. The van der Waals surface area contributed by atoms with E-state index in [1.54, 1.807) is 0 Å². The number of hydrogen-bond acceptors (Lipinski definition) is 1. The van der Waals surface area contributed by atoms with E-state index in [2.05, 4.69) is 20.0 Å². The predicted molar refractivity (Wildman–Crippen MR) is 54.0 cm³/mol. The van der Waals surface area contributed by atoms with Crippen molar-refractivity contribution < 1.29 is 16.8 Å². The molecule has 68 valence electrons. The molecule has 0 amide bonds. The van der Waals surface area contributed by atoms with Crippen LogP contribution in [0, 0.1) is 6.92 Å². The van der Waals surface area contributed by atoms with Crippen molar-refractivity contribution in [2.24, 2.45) is 0 Å². The van der Waals surface area contributed by atoms with Crippen LogP contribution in [0.1, 0.15) is 13.8 Å². The summed E-state index contributed by atoms with van der Waals surface area (Å²) in [7, 11) is -1.61. The van der Waals surface area contributed by atoms with Crippen LogP contribution in [0.2, 0.25) is 12.6 Å². The van der Waals surface area contributed by atoms with Crippen LogP contribution >= 0.6 is 0 Å². The topological polar surface area (TPSA) is 9.23 Å². The van der Waals surface area contributed by atoms with E-state index in [0.717, 1.165) is 6.04 Å². The third-order valence-corrected chi connectivity index (χ3v) is 4.30. The molecule has 0 aliphatic rings. The van der Waals surface area contributed by atoms with E-state index in [9.17, 15) is 0 Å². The quantitative estimate of drug-likeness (QED) is 0.441. The summed E-state index contributed by atoms with van der Waals surface area (Å²) in [4.78, 5) is 0. The van der Waals surface area contributed by atoms with E-state index >= 15 is 0 Å². The van der Waals surface area contributed by atoms with Gasteiger partial charge in [-0.3, -0.25) is 0 Å². The number of halogens is 1. The van der Waals surface area contributed by atoms with Gasteiger partial charge in [-0.2, -0.15) is 6.04 Å². The van der Waals surface area contributed by atoms with Gasteiger partial charge in [0.05, 0.1) is 0 Å². The van der Waals surface area contributed by atoms with E-state index < -0.39 is 8.32 Å². The van der Waals surface area contributed by atoms with Crippen molar-refractivity contribution in [2.45, 2.75) is 32.5 Å². The summed E-state index contributed by atoms with van der Waals surface area (Å²) in [6.45, 7) is 13.8. The van der Waals surface area contributed by atoms with Crippen molar-refractivity contribution in [2.75, 3.05) is 0 Å². The Labute approximate surface area is 99.6 Å². The predicted octanol–water partition coefficient (Wildman–Crippen LogP) is -0.831. The van der Waals surface area contributed by atoms with Crippen LogP contribution in [0.3, 0.4) is 0 Å². The first-order chi connectivity index (χ1) is 4.54. The molecule has 4 heteroatoms. The summed E-state index contributed by atoms with van der Waals surface area (Å²) in [5.74, 6) is 0. The Morgan fingerprint density at radius 1 is 1.58 bits per heavy atom. The van der Waals surface area contributed by atoms with Crippen molar-refractivity contribution in [3.8, 4) is 0 Å². The van der Waals surface area contributed by atoms with Gasteiger partial charge >= 0.3 is 23.1 Å². The SMILES string of the molecule is C=C[Si](C)(C[CH2-])OC(C)C.[Cl-].[Mg+2]. The molecule has 0 aromatic rings. The average Bonchev–Trinajstić information content (AvgIpc) is 1.87. The van der Waals surface area contributed by atoms with Gasteiger partial charge in [0.25, 0.3) is 0 Å². The maximum absolute atomic E-state index is 5.69. The third kappa shape index (κ3) is 7.61. The van der Waals surface area contributed by atoms with Crippen LogP contribution in [0.15, 0.2) is 12.3 Å². The molecule has 1 unspecified atom stereocenters. The van der Waals surface area contributed by atoms with Gasteiger partial charge in [-0.1, -0.05) is 5.70 Å². The van der Waals surface area contributed by atoms with Crippen molar-refractivity contribution in [3.05, 3.63) is 19.2 Å². The average molecular weight is 217 g/mol. The fraction of sp³-hybridized carbons (Fsp3) is 0.625. The zero-order valence-electron chi connectivity index (χ0n) is 8.27. The minimum absolute atomic E-state index is 0. The second-order valence-electron chi connectivity index (χ2n) is 2.93. The second-order valence-corrected chi connectivity index (χ2v) is 6.70. The molecular formula is C8H17ClMgOSi. The van der Waals surface area contributed by atoms with Crippen LogP contribution in [-0.4, -0.2) is 37.5 Å². The van der Waals surface area contributed by atoms with Gasteiger partial charge in [-0.25, -0.2) is 0 Å². The van der Waals surface area contributed by atoms with Gasteiger partial charge in [-0.05, 0) is 20.4 Å². The van der Waals surface area contributed by atoms with Gasteiger partial charge in [0.15, 0.2) is 8.32 Å². The fourth-order valence-corrected chi connectivity index (χ4v) is 2.24. The molecule has 0 saturated carbocycles. The third-order valence-electron chi connectivity index (χ3n) is 1.43. The maximum atomic E-state index is 5.69. The smallest absolute Gasteiger partial charge is 1.00 e. The van der Waals surface area contributed by atoms with E-state index in [4.69, 9.17) is 4.43 Å². The molecule has 0 N–H and O–H groups in total. The summed E-state index contributed by atoms with van der Waals surface area (Å²) < 4.78 is 5.69. The van der Waals surface area contributed by atoms with Gasteiger partial charge in [0.2, 0.25) is 0 Å². The summed E-state index contributed by atoms with van der Waals surface area (Å²) in [5, 5.41) is 0. The summed E-state index contributed by atoms with van der Waals surface area (Å²) in [5.41, 5.74) is 1.94. The van der Waals surface area contributed by atoms with Gasteiger partial charge in [0, 0.05) is 6.10 Å². The molecule has 0 fully saturated rings. The normalized spacial score (nSPS) is 14.1. The summed E-state index contributed by atoms with van der Waals surface area (Å²) in [6, 6.07) is 0.870. The molecule has 0 rings (SSSR count). The number of rotatable bonds is 4. The first-order valence-corrected chi connectivity index (χ1v) is 6.34. The van der Waals surface area contributed by atoms with Gasteiger partial charge in [-0.15, -0.1) is 6.58 Å². The molecule has 0 heterocycles. The van der Waals surface area contributed by atoms with E-state index in [-0.39, 0.29) is 35.5 Å². The van der Waals surface area contributed by atoms with Crippen molar-refractivity contribution >= 4 is 31.4 Å². The molecule has 0 radical (unpaired) electrons. The minimum Gasteiger partial charge on any atom is -1.00 e. The molecule has 0 spiro atoms. The monoisotopic (exact) mass is 216 g/mol. The Balaban J connectivity index is -0.000000405. The second kappa shape index (κ2) is 8.57. The maximum Gasteiger partial charge on any atom is 2.00 e. The Bertz CT molecular complexity index is 122. The molecule has 0 aromatic heterocycles. The van der Waals surface area contributed by atoms with Crippen molar-refractivity contribution in [1.82, 2.24) is 0 Å². The first kappa shape index (κ1) is 18.7. The molecule has 12 heavy (non-hydrogen) atoms. The molecule has 0 aliphatic heterocycles. The summed E-state index contributed by atoms with van der Waals surface area (Å²) >= 11 is 0.